The number of hydrogen-bond donors (Lipinski definition) is 1. The monoisotopic (exact) mass is 240 g/mol. The van der Waals surface area contributed by atoms with Crippen LogP contribution in [0.1, 0.15) is 42.3 Å². The minimum Gasteiger partial charge on any atom is -0.354 e. The molecule has 1 amide bonds. The van der Waals surface area contributed by atoms with E-state index >= 15 is 0 Å². The Hall–Kier alpha value is -0.900. The summed E-state index contributed by atoms with van der Waals surface area (Å²) in [6.45, 7) is 8.17. The van der Waals surface area contributed by atoms with Gasteiger partial charge in [-0.2, -0.15) is 0 Å². The number of rotatable bonds is 5. The molecule has 0 spiro atoms. The van der Waals surface area contributed by atoms with Gasteiger partial charge in [-0.25, -0.2) is 4.98 Å². The Bertz CT molecular complexity index is 340. The minimum atomic E-state index is 0.125. The van der Waals surface area contributed by atoms with Crippen molar-refractivity contribution in [2.75, 3.05) is 0 Å². The van der Waals surface area contributed by atoms with Crippen molar-refractivity contribution < 1.29 is 4.79 Å². The first kappa shape index (κ1) is 13.2. The van der Waals surface area contributed by atoms with Crippen molar-refractivity contribution >= 4 is 17.2 Å². The predicted octanol–water partition coefficient (Wildman–Crippen LogP) is 2.61. The first-order valence-corrected chi connectivity index (χ1v) is 6.56. The molecule has 0 aliphatic carbocycles. The van der Waals surface area contributed by atoms with Crippen molar-refractivity contribution in [1.29, 1.82) is 0 Å². The largest absolute Gasteiger partial charge is 0.354 e. The maximum Gasteiger partial charge on any atom is 0.220 e. The van der Waals surface area contributed by atoms with Crippen molar-refractivity contribution in [3.05, 3.63) is 15.6 Å². The molecule has 16 heavy (non-hydrogen) atoms. The van der Waals surface area contributed by atoms with E-state index in [1.807, 2.05) is 13.8 Å². The summed E-state index contributed by atoms with van der Waals surface area (Å²) in [4.78, 5) is 17.2. The molecule has 3 nitrogen and oxygen atoms in total. The van der Waals surface area contributed by atoms with Crippen LogP contribution < -0.4 is 5.32 Å². The van der Waals surface area contributed by atoms with E-state index in [1.54, 1.807) is 11.3 Å². The third-order valence-electron chi connectivity index (χ3n) is 2.66. The van der Waals surface area contributed by atoms with Gasteiger partial charge in [0.05, 0.1) is 10.7 Å². The molecule has 0 bridgehead atoms. The molecule has 4 heteroatoms. The van der Waals surface area contributed by atoms with Crippen LogP contribution in [0.3, 0.4) is 0 Å². The van der Waals surface area contributed by atoms with Crippen molar-refractivity contribution in [2.45, 2.75) is 53.0 Å². The Morgan fingerprint density at radius 1 is 1.50 bits per heavy atom. The molecule has 0 aromatic carbocycles. The highest BCUT2D eigenvalue weighted by atomic mass is 32.1. The number of amides is 1. The normalized spacial score (nSPS) is 12.5. The third kappa shape index (κ3) is 3.93. The highest BCUT2D eigenvalue weighted by Crippen LogP contribution is 2.17. The van der Waals surface area contributed by atoms with E-state index in [0.29, 0.717) is 6.42 Å². The second kappa shape index (κ2) is 5.99. The summed E-state index contributed by atoms with van der Waals surface area (Å²) < 4.78 is 0. The summed E-state index contributed by atoms with van der Waals surface area (Å²) in [5, 5.41) is 4.02. The molecule has 1 N–H and O–H groups in total. The van der Waals surface area contributed by atoms with Crippen LogP contribution in [0, 0.1) is 13.8 Å². The predicted molar refractivity (Wildman–Crippen MR) is 67.8 cm³/mol. The van der Waals surface area contributed by atoms with E-state index in [9.17, 15) is 4.79 Å². The van der Waals surface area contributed by atoms with E-state index < -0.39 is 0 Å². The van der Waals surface area contributed by atoms with E-state index in [1.165, 1.54) is 4.88 Å². The first-order chi connectivity index (χ1) is 7.52. The highest BCUT2D eigenvalue weighted by Gasteiger charge is 2.08. The SMILES string of the molecule is CCC(C)NC(=O)CCc1nc(C)c(C)s1. The van der Waals surface area contributed by atoms with Gasteiger partial charge in [0, 0.05) is 23.8 Å². The van der Waals surface area contributed by atoms with Gasteiger partial charge in [0.25, 0.3) is 0 Å². The van der Waals surface area contributed by atoms with Crippen LogP contribution >= 0.6 is 11.3 Å². The Morgan fingerprint density at radius 3 is 2.69 bits per heavy atom. The van der Waals surface area contributed by atoms with E-state index in [-0.39, 0.29) is 11.9 Å². The number of carbonyl (C=O) groups excluding carboxylic acids is 1. The van der Waals surface area contributed by atoms with Gasteiger partial charge in [-0.3, -0.25) is 4.79 Å². The number of nitrogens with one attached hydrogen (secondary N) is 1. The molecule has 1 heterocycles. The van der Waals surface area contributed by atoms with Gasteiger partial charge in [0.2, 0.25) is 5.91 Å². The van der Waals surface area contributed by atoms with E-state index in [4.69, 9.17) is 0 Å². The fraction of sp³-hybridized carbons (Fsp3) is 0.667. The van der Waals surface area contributed by atoms with Crippen LogP contribution in [0.25, 0.3) is 0 Å². The molecule has 90 valence electrons. The van der Waals surface area contributed by atoms with Crippen molar-refractivity contribution in [1.82, 2.24) is 10.3 Å². The first-order valence-electron chi connectivity index (χ1n) is 5.75. The zero-order valence-electron chi connectivity index (χ0n) is 10.5. The number of hydrogen-bond acceptors (Lipinski definition) is 3. The fourth-order valence-corrected chi connectivity index (χ4v) is 2.25. The number of nitrogens with zero attached hydrogens (tertiary/aromatic N) is 1. The van der Waals surface area contributed by atoms with Crippen molar-refractivity contribution in [3.8, 4) is 0 Å². The lowest BCUT2D eigenvalue weighted by Crippen LogP contribution is -2.31. The molecule has 0 saturated heterocycles. The molecule has 0 aliphatic rings. The molecule has 0 aliphatic heterocycles. The summed E-state index contributed by atoms with van der Waals surface area (Å²) in [5.41, 5.74) is 1.09. The molecular weight excluding hydrogens is 220 g/mol. The maximum atomic E-state index is 11.5. The van der Waals surface area contributed by atoms with Crippen LogP contribution in [0.4, 0.5) is 0 Å². The van der Waals surface area contributed by atoms with E-state index in [2.05, 4.69) is 24.1 Å². The minimum absolute atomic E-state index is 0.125. The van der Waals surface area contributed by atoms with Crippen molar-refractivity contribution in [2.24, 2.45) is 0 Å². The lowest BCUT2D eigenvalue weighted by atomic mass is 10.2. The van der Waals surface area contributed by atoms with Gasteiger partial charge in [0.15, 0.2) is 0 Å². The van der Waals surface area contributed by atoms with Gasteiger partial charge >= 0.3 is 0 Å². The molecule has 0 fully saturated rings. The zero-order chi connectivity index (χ0) is 12.1. The topological polar surface area (TPSA) is 42.0 Å². The Balaban J connectivity index is 2.37. The number of thiazole rings is 1. The summed E-state index contributed by atoms with van der Waals surface area (Å²) in [7, 11) is 0. The molecular formula is C12H20N2OS. The number of carbonyl (C=O) groups is 1. The zero-order valence-corrected chi connectivity index (χ0v) is 11.3. The Morgan fingerprint density at radius 2 is 2.19 bits per heavy atom. The summed E-state index contributed by atoms with van der Waals surface area (Å²) >= 11 is 1.69. The van der Waals surface area contributed by atoms with Gasteiger partial charge in [-0.1, -0.05) is 6.92 Å². The third-order valence-corrected chi connectivity index (χ3v) is 3.79. The van der Waals surface area contributed by atoms with Crippen LogP contribution in [0.2, 0.25) is 0 Å². The van der Waals surface area contributed by atoms with Crippen LogP contribution in [-0.4, -0.2) is 16.9 Å². The smallest absolute Gasteiger partial charge is 0.220 e. The fourth-order valence-electron chi connectivity index (χ4n) is 1.32. The summed E-state index contributed by atoms with van der Waals surface area (Å²) in [6.07, 6.45) is 2.26. The lowest BCUT2D eigenvalue weighted by molar-refractivity contribution is -0.121. The summed E-state index contributed by atoms with van der Waals surface area (Å²) in [5.74, 6) is 0.125. The standard InChI is InChI=1S/C12H20N2OS/c1-5-8(2)13-11(15)6-7-12-14-9(3)10(4)16-12/h8H,5-7H2,1-4H3,(H,13,15). The van der Waals surface area contributed by atoms with Gasteiger partial charge in [-0.05, 0) is 27.2 Å². The number of aryl methyl sites for hydroxylation is 3. The molecule has 0 saturated carbocycles. The average molecular weight is 240 g/mol. The van der Waals surface area contributed by atoms with Crippen LogP contribution in [0.5, 0.6) is 0 Å². The lowest BCUT2D eigenvalue weighted by Gasteiger charge is -2.10. The van der Waals surface area contributed by atoms with Gasteiger partial charge in [-0.15, -0.1) is 11.3 Å². The van der Waals surface area contributed by atoms with Crippen molar-refractivity contribution in [3.63, 3.8) is 0 Å². The van der Waals surface area contributed by atoms with Crippen LogP contribution in [0.15, 0.2) is 0 Å². The second-order valence-electron chi connectivity index (χ2n) is 4.13. The van der Waals surface area contributed by atoms with E-state index in [0.717, 1.165) is 23.5 Å². The number of aromatic nitrogens is 1. The Labute approximate surface area is 101 Å². The van der Waals surface area contributed by atoms with Gasteiger partial charge in [0.1, 0.15) is 0 Å². The molecule has 1 aromatic rings. The maximum absolute atomic E-state index is 11.5. The molecule has 1 aromatic heterocycles. The Kier molecular flexibility index (Phi) is 4.93. The summed E-state index contributed by atoms with van der Waals surface area (Å²) in [6, 6.07) is 0.271. The van der Waals surface area contributed by atoms with Crippen LogP contribution in [-0.2, 0) is 11.2 Å². The molecule has 1 rings (SSSR count). The second-order valence-corrected chi connectivity index (χ2v) is 5.41. The quantitative estimate of drug-likeness (QED) is 0.859. The van der Waals surface area contributed by atoms with Gasteiger partial charge < -0.3 is 5.32 Å². The average Bonchev–Trinajstić information content (AvgIpc) is 2.55. The molecule has 1 unspecified atom stereocenters. The molecule has 0 radical (unpaired) electrons. The highest BCUT2D eigenvalue weighted by molar-refractivity contribution is 7.11. The molecule has 1 atom stereocenters.